The minimum absolute atomic E-state index is 0.0375. The van der Waals surface area contributed by atoms with Crippen molar-refractivity contribution in [2.24, 2.45) is 5.92 Å². The Balaban J connectivity index is 3.12. The van der Waals surface area contributed by atoms with Crippen LogP contribution in [0.5, 0.6) is 5.75 Å². The van der Waals surface area contributed by atoms with Crippen molar-refractivity contribution in [3.63, 3.8) is 0 Å². The Morgan fingerprint density at radius 2 is 1.42 bits per heavy atom. The second-order valence-corrected chi connectivity index (χ2v) is 8.85. The topological polar surface area (TPSA) is 94.1 Å². The largest absolute Gasteiger partial charge is 0.497 e. The van der Waals surface area contributed by atoms with Crippen molar-refractivity contribution in [2.75, 3.05) is 49.1 Å². The van der Waals surface area contributed by atoms with Gasteiger partial charge in [-0.05, 0) is 23.6 Å². The molecule has 0 spiro atoms. The first kappa shape index (κ1) is 32.5. The number of aliphatic hydroxyl groups is 1. The second kappa shape index (κ2) is 18.6. The molecular weight excluding hydrogens is 468 g/mol. The summed E-state index contributed by atoms with van der Waals surface area (Å²) in [5.74, 6) is 0.738. The third kappa shape index (κ3) is 11.2. The van der Waals surface area contributed by atoms with Crippen LogP contribution in [0.25, 0.3) is 0 Å². The van der Waals surface area contributed by atoms with Crippen molar-refractivity contribution >= 4 is 0 Å². The molecule has 0 aliphatic carbocycles. The van der Waals surface area contributed by atoms with E-state index in [1.165, 1.54) is 0 Å². The molecule has 0 aromatic heterocycles. The van der Waals surface area contributed by atoms with Crippen LogP contribution < -0.4 is 4.74 Å². The van der Waals surface area contributed by atoms with Gasteiger partial charge in [-0.1, -0.05) is 32.1 Å². The number of hydrogen-bond donors (Lipinski definition) is 1. The van der Waals surface area contributed by atoms with Gasteiger partial charge in [0.2, 0.25) is 0 Å². The molecule has 1 N–H and O–H groups in total. The maximum absolute atomic E-state index is 10.9. The number of rotatable bonds is 21. The van der Waals surface area contributed by atoms with Crippen LogP contribution >= 0.6 is 0 Å². The van der Waals surface area contributed by atoms with Crippen molar-refractivity contribution in [1.82, 2.24) is 0 Å². The highest BCUT2D eigenvalue weighted by Gasteiger charge is 2.35. The number of methoxy groups -OCH3 is 5. The van der Waals surface area contributed by atoms with E-state index in [1.54, 1.807) is 41.6 Å². The zero-order valence-corrected chi connectivity index (χ0v) is 22.9. The lowest BCUT2D eigenvalue weighted by atomic mass is 9.92. The van der Waals surface area contributed by atoms with Gasteiger partial charge >= 0.3 is 0 Å². The quantitative estimate of drug-likeness (QED) is 0.195. The van der Waals surface area contributed by atoms with Crippen molar-refractivity contribution in [1.29, 1.82) is 0 Å². The Bertz CT molecular complexity index is 682. The van der Waals surface area contributed by atoms with Gasteiger partial charge in [-0.15, -0.1) is 6.58 Å². The molecule has 0 bridgehead atoms. The standard InChI is InChI=1S/C27H46O9/c1-9-23(35-17-29-4)24(32-7)14-22(34-16-20-10-12-21(31-6)13-11-20)15-25(33-8)27(36-18-30-5)26(28)19(2)3/h9-13,19,22-28H,1,14-18H2,2-8H3/t22-,23+,24+,25+,26?,27+/m0/s1. The Morgan fingerprint density at radius 1 is 0.833 bits per heavy atom. The molecule has 1 unspecified atom stereocenters. The van der Waals surface area contributed by atoms with Crippen LogP contribution in [0.1, 0.15) is 32.3 Å². The van der Waals surface area contributed by atoms with Crippen molar-refractivity contribution in [2.45, 2.75) is 69.9 Å². The minimum atomic E-state index is -0.753. The summed E-state index contributed by atoms with van der Waals surface area (Å²) in [7, 11) is 7.96. The third-order valence-corrected chi connectivity index (χ3v) is 5.98. The molecule has 1 aromatic carbocycles. The molecule has 0 heterocycles. The second-order valence-electron chi connectivity index (χ2n) is 8.85. The Hall–Kier alpha value is -1.56. The maximum atomic E-state index is 10.9. The lowest BCUT2D eigenvalue weighted by molar-refractivity contribution is -0.176. The van der Waals surface area contributed by atoms with E-state index < -0.39 is 24.4 Å². The van der Waals surface area contributed by atoms with Gasteiger partial charge in [-0.2, -0.15) is 0 Å². The molecule has 6 atom stereocenters. The molecule has 0 aliphatic heterocycles. The highest BCUT2D eigenvalue weighted by atomic mass is 16.7. The Morgan fingerprint density at radius 3 is 1.92 bits per heavy atom. The van der Waals surface area contributed by atoms with Crippen molar-refractivity contribution in [3.05, 3.63) is 42.5 Å². The summed E-state index contributed by atoms with van der Waals surface area (Å²) in [6.07, 6.45) is -0.259. The molecule has 0 saturated carbocycles. The van der Waals surface area contributed by atoms with Gasteiger partial charge in [-0.3, -0.25) is 0 Å². The summed E-state index contributed by atoms with van der Waals surface area (Å²) in [6, 6.07) is 7.70. The zero-order valence-electron chi connectivity index (χ0n) is 22.9. The first-order valence-corrected chi connectivity index (χ1v) is 12.2. The van der Waals surface area contributed by atoms with E-state index in [0.29, 0.717) is 19.4 Å². The lowest BCUT2D eigenvalue weighted by Gasteiger charge is -2.35. The maximum Gasteiger partial charge on any atom is 0.147 e. The van der Waals surface area contributed by atoms with Crippen LogP contribution in [0.15, 0.2) is 36.9 Å². The van der Waals surface area contributed by atoms with E-state index in [9.17, 15) is 5.11 Å². The van der Waals surface area contributed by atoms with E-state index in [0.717, 1.165) is 11.3 Å². The summed E-state index contributed by atoms with van der Waals surface area (Å²) in [5, 5.41) is 10.9. The molecular formula is C27H46O9. The lowest BCUT2D eigenvalue weighted by Crippen LogP contribution is -2.46. The molecule has 0 fully saturated rings. The highest BCUT2D eigenvalue weighted by molar-refractivity contribution is 5.26. The van der Waals surface area contributed by atoms with Gasteiger partial charge in [0.15, 0.2) is 0 Å². The first-order valence-electron chi connectivity index (χ1n) is 12.2. The summed E-state index contributed by atoms with van der Waals surface area (Å²) < 4.78 is 44.9. The summed E-state index contributed by atoms with van der Waals surface area (Å²) in [4.78, 5) is 0. The van der Waals surface area contributed by atoms with Crippen LogP contribution in [0, 0.1) is 5.92 Å². The fourth-order valence-corrected chi connectivity index (χ4v) is 3.84. The third-order valence-electron chi connectivity index (χ3n) is 5.98. The van der Waals surface area contributed by atoms with Crippen LogP contribution in [-0.2, 0) is 39.8 Å². The van der Waals surface area contributed by atoms with Gasteiger partial charge in [0.25, 0.3) is 0 Å². The number of benzene rings is 1. The molecule has 0 amide bonds. The molecule has 0 radical (unpaired) electrons. The normalized spacial score (nSPS) is 16.8. The summed E-state index contributed by atoms with van der Waals surface area (Å²) in [5.41, 5.74) is 0.994. The monoisotopic (exact) mass is 514 g/mol. The van der Waals surface area contributed by atoms with Crippen LogP contribution in [-0.4, -0.2) is 90.9 Å². The predicted octanol–water partition coefficient (Wildman–Crippen LogP) is 3.57. The van der Waals surface area contributed by atoms with E-state index in [-0.39, 0.29) is 31.7 Å². The van der Waals surface area contributed by atoms with Crippen LogP contribution in [0.2, 0.25) is 0 Å². The minimum Gasteiger partial charge on any atom is -0.497 e. The highest BCUT2D eigenvalue weighted by Crippen LogP contribution is 2.25. The van der Waals surface area contributed by atoms with E-state index in [4.69, 9.17) is 37.9 Å². The average Bonchev–Trinajstić information content (AvgIpc) is 2.90. The summed E-state index contributed by atoms with van der Waals surface area (Å²) in [6.45, 7) is 8.26. The molecule has 0 aliphatic rings. The Labute approximate surface area is 216 Å². The summed E-state index contributed by atoms with van der Waals surface area (Å²) >= 11 is 0. The SMILES string of the molecule is C=C[C@@H](OCOC)[C@@H](C[C@@H](C[C@@H](OC)[C@@H](OCOC)C(O)C(C)C)OCc1ccc(OC)cc1)OC. The fourth-order valence-electron chi connectivity index (χ4n) is 3.84. The number of ether oxygens (including phenoxy) is 8. The molecule has 1 aromatic rings. The molecule has 36 heavy (non-hydrogen) atoms. The molecule has 9 nitrogen and oxygen atoms in total. The first-order chi connectivity index (χ1) is 17.3. The molecule has 0 saturated heterocycles. The fraction of sp³-hybridized carbons (Fsp3) is 0.704. The van der Waals surface area contributed by atoms with Gasteiger partial charge < -0.3 is 43.0 Å². The average molecular weight is 515 g/mol. The zero-order chi connectivity index (χ0) is 26.9. The van der Waals surface area contributed by atoms with E-state index >= 15 is 0 Å². The Kier molecular flexibility index (Phi) is 16.8. The number of hydrogen-bond acceptors (Lipinski definition) is 9. The van der Waals surface area contributed by atoms with Crippen molar-refractivity contribution in [3.8, 4) is 5.75 Å². The van der Waals surface area contributed by atoms with Gasteiger partial charge in [0, 0.05) is 41.3 Å². The van der Waals surface area contributed by atoms with E-state index in [2.05, 4.69) is 6.58 Å². The number of aliphatic hydroxyl groups excluding tert-OH is 1. The van der Waals surface area contributed by atoms with Crippen molar-refractivity contribution < 1.29 is 43.0 Å². The molecule has 9 heteroatoms. The smallest absolute Gasteiger partial charge is 0.147 e. The predicted molar refractivity (Wildman–Crippen MR) is 137 cm³/mol. The van der Waals surface area contributed by atoms with Crippen LogP contribution in [0.3, 0.4) is 0 Å². The van der Waals surface area contributed by atoms with Gasteiger partial charge in [-0.25, -0.2) is 0 Å². The van der Waals surface area contributed by atoms with Gasteiger partial charge in [0.05, 0.1) is 38.1 Å². The molecule has 208 valence electrons. The van der Waals surface area contributed by atoms with E-state index in [1.807, 2.05) is 38.1 Å². The van der Waals surface area contributed by atoms with Gasteiger partial charge in [0.1, 0.15) is 31.5 Å². The van der Waals surface area contributed by atoms with Crippen LogP contribution in [0.4, 0.5) is 0 Å². The molecule has 1 rings (SSSR count).